The van der Waals surface area contributed by atoms with Crippen molar-refractivity contribution in [2.45, 2.75) is 31.8 Å². The molecule has 0 spiro atoms. The third kappa shape index (κ3) is 4.76. The summed E-state index contributed by atoms with van der Waals surface area (Å²) in [5.41, 5.74) is 1.08. The van der Waals surface area contributed by atoms with Crippen molar-refractivity contribution in [2.75, 3.05) is 41.0 Å². The van der Waals surface area contributed by atoms with E-state index in [2.05, 4.69) is 16.3 Å². The van der Waals surface area contributed by atoms with E-state index in [1.54, 1.807) is 27.6 Å². The van der Waals surface area contributed by atoms with Crippen LogP contribution in [0.4, 0.5) is 0 Å². The Bertz CT molecular complexity index is 671. The molecule has 6 heteroatoms. The fraction of sp³-hybridized carbons (Fsp3) is 0.524. The van der Waals surface area contributed by atoms with E-state index in [9.17, 15) is 0 Å². The van der Waals surface area contributed by atoms with Gasteiger partial charge in [-0.05, 0) is 55.8 Å². The fourth-order valence-electron chi connectivity index (χ4n) is 3.71. The van der Waals surface area contributed by atoms with Crippen LogP contribution >= 0.6 is 0 Å². The molecule has 1 aromatic carbocycles. The number of nitrogens with one attached hydrogen (secondary N) is 1. The van der Waals surface area contributed by atoms with Gasteiger partial charge in [0.05, 0.1) is 33.6 Å². The molecular formula is C21H30N2O4. The van der Waals surface area contributed by atoms with Crippen LogP contribution in [0.1, 0.15) is 36.6 Å². The summed E-state index contributed by atoms with van der Waals surface area (Å²) in [5.74, 6) is 2.99. The molecule has 0 radical (unpaired) electrons. The van der Waals surface area contributed by atoms with Crippen LogP contribution in [0.3, 0.4) is 0 Å². The quantitative estimate of drug-likeness (QED) is 0.723. The molecule has 2 heterocycles. The molecule has 148 valence electrons. The summed E-state index contributed by atoms with van der Waals surface area (Å²) in [6.45, 7) is 3.78. The number of methoxy groups -OCH3 is 3. The van der Waals surface area contributed by atoms with E-state index in [1.165, 1.54) is 19.3 Å². The van der Waals surface area contributed by atoms with Gasteiger partial charge in [-0.1, -0.05) is 6.42 Å². The number of piperidine rings is 1. The van der Waals surface area contributed by atoms with Crippen LogP contribution in [0, 0.1) is 0 Å². The van der Waals surface area contributed by atoms with Gasteiger partial charge in [0.1, 0.15) is 5.76 Å². The second kappa shape index (κ2) is 9.67. The highest BCUT2D eigenvalue weighted by Crippen LogP contribution is 2.38. The zero-order valence-corrected chi connectivity index (χ0v) is 16.5. The predicted molar refractivity (Wildman–Crippen MR) is 105 cm³/mol. The monoisotopic (exact) mass is 374 g/mol. The number of hydrogen-bond acceptors (Lipinski definition) is 6. The van der Waals surface area contributed by atoms with Gasteiger partial charge in [-0.15, -0.1) is 0 Å². The molecular weight excluding hydrogens is 344 g/mol. The summed E-state index contributed by atoms with van der Waals surface area (Å²) in [4.78, 5) is 2.52. The van der Waals surface area contributed by atoms with E-state index in [0.29, 0.717) is 23.8 Å². The first-order valence-corrected chi connectivity index (χ1v) is 9.54. The number of likely N-dealkylation sites (tertiary alicyclic amines) is 1. The van der Waals surface area contributed by atoms with Crippen LogP contribution in [0.5, 0.6) is 17.2 Å². The lowest BCUT2D eigenvalue weighted by molar-refractivity contribution is 0.142. The molecule has 1 aliphatic rings. The second-order valence-corrected chi connectivity index (χ2v) is 6.79. The fourth-order valence-corrected chi connectivity index (χ4v) is 3.71. The van der Waals surface area contributed by atoms with Crippen LogP contribution in [-0.2, 0) is 6.54 Å². The zero-order valence-electron chi connectivity index (χ0n) is 16.5. The van der Waals surface area contributed by atoms with Crippen molar-refractivity contribution in [3.05, 3.63) is 41.9 Å². The van der Waals surface area contributed by atoms with Crippen LogP contribution in [0.2, 0.25) is 0 Å². The molecule has 0 amide bonds. The maximum Gasteiger partial charge on any atom is 0.203 e. The van der Waals surface area contributed by atoms with Gasteiger partial charge >= 0.3 is 0 Å². The summed E-state index contributed by atoms with van der Waals surface area (Å²) in [6, 6.07) is 8.25. The highest BCUT2D eigenvalue weighted by Gasteiger charge is 2.24. The SMILES string of the molecule is COc1cc(CNCC(c2ccco2)N2CCCCC2)cc(OC)c1OC. The molecule has 27 heavy (non-hydrogen) atoms. The number of ether oxygens (including phenoxy) is 3. The van der Waals surface area contributed by atoms with E-state index >= 15 is 0 Å². The van der Waals surface area contributed by atoms with Gasteiger partial charge in [-0.3, -0.25) is 4.90 Å². The lowest BCUT2D eigenvalue weighted by Gasteiger charge is -2.33. The number of benzene rings is 1. The summed E-state index contributed by atoms with van der Waals surface area (Å²) in [5, 5.41) is 3.57. The van der Waals surface area contributed by atoms with Crippen molar-refractivity contribution in [1.29, 1.82) is 0 Å². The minimum atomic E-state index is 0.252. The zero-order chi connectivity index (χ0) is 19.1. The highest BCUT2D eigenvalue weighted by atomic mass is 16.5. The van der Waals surface area contributed by atoms with Gasteiger partial charge in [-0.2, -0.15) is 0 Å². The molecule has 1 atom stereocenters. The molecule has 1 unspecified atom stereocenters. The van der Waals surface area contributed by atoms with Crippen LogP contribution in [0.15, 0.2) is 34.9 Å². The van der Waals surface area contributed by atoms with E-state index in [1.807, 2.05) is 18.2 Å². The van der Waals surface area contributed by atoms with Gasteiger partial charge < -0.3 is 23.9 Å². The average molecular weight is 374 g/mol. The lowest BCUT2D eigenvalue weighted by atomic mass is 10.1. The van der Waals surface area contributed by atoms with E-state index in [0.717, 1.165) is 31.0 Å². The molecule has 1 saturated heterocycles. The molecule has 3 rings (SSSR count). The predicted octanol–water partition coefficient (Wildman–Crippen LogP) is 3.62. The Morgan fingerprint density at radius 1 is 1.04 bits per heavy atom. The molecule has 1 aliphatic heterocycles. The van der Waals surface area contributed by atoms with Crippen molar-refractivity contribution in [2.24, 2.45) is 0 Å². The molecule has 2 aromatic rings. The first-order chi connectivity index (χ1) is 13.3. The average Bonchev–Trinajstić information content (AvgIpc) is 3.25. The van der Waals surface area contributed by atoms with Crippen LogP contribution in [0.25, 0.3) is 0 Å². The Hall–Kier alpha value is -2.18. The van der Waals surface area contributed by atoms with Gasteiger partial charge in [0, 0.05) is 13.1 Å². The van der Waals surface area contributed by atoms with Gasteiger partial charge in [0.15, 0.2) is 11.5 Å². The maximum absolute atomic E-state index is 5.72. The van der Waals surface area contributed by atoms with Crippen molar-refractivity contribution in [3.8, 4) is 17.2 Å². The van der Waals surface area contributed by atoms with E-state index in [4.69, 9.17) is 18.6 Å². The van der Waals surface area contributed by atoms with E-state index < -0.39 is 0 Å². The first-order valence-electron chi connectivity index (χ1n) is 9.54. The van der Waals surface area contributed by atoms with Crippen molar-refractivity contribution < 1.29 is 18.6 Å². The molecule has 0 bridgehead atoms. The van der Waals surface area contributed by atoms with Crippen molar-refractivity contribution in [3.63, 3.8) is 0 Å². The molecule has 0 aliphatic carbocycles. The highest BCUT2D eigenvalue weighted by molar-refractivity contribution is 5.53. The Morgan fingerprint density at radius 2 is 1.74 bits per heavy atom. The number of furan rings is 1. The lowest BCUT2D eigenvalue weighted by Crippen LogP contribution is -2.38. The summed E-state index contributed by atoms with van der Waals surface area (Å²) >= 11 is 0. The Morgan fingerprint density at radius 3 is 2.30 bits per heavy atom. The van der Waals surface area contributed by atoms with Gasteiger partial charge in [-0.25, -0.2) is 0 Å². The normalized spacial score (nSPS) is 16.1. The second-order valence-electron chi connectivity index (χ2n) is 6.79. The van der Waals surface area contributed by atoms with Crippen LogP contribution in [-0.4, -0.2) is 45.9 Å². The van der Waals surface area contributed by atoms with Crippen molar-refractivity contribution >= 4 is 0 Å². The molecule has 1 aromatic heterocycles. The maximum atomic E-state index is 5.72. The number of rotatable bonds is 9. The summed E-state index contributed by atoms with van der Waals surface area (Å²) in [7, 11) is 4.89. The first kappa shape index (κ1) is 19.6. The van der Waals surface area contributed by atoms with Crippen molar-refractivity contribution in [1.82, 2.24) is 10.2 Å². The molecule has 6 nitrogen and oxygen atoms in total. The van der Waals surface area contributed by atoms with E-state index in [-0.39, 0.29) is 6.04 Å². The summed E-state index contributed by atoms with van der Waals surface area (Å²) < 4.78 is 22.0. The van der Waals surface area contributed by atoms with Crippen LogP contribution < -0.4 is 19.5 Å². The molecule has 1 fully saturated rings. The largest absolute Gasteiger partial charge is 0.493 e. The third-order valence-corrected chi connectivity index (χ3v) is 5.09. The minimum absolute atomic E-state index is 0.252. The number of nitrogens with zero attached hydrogens (tertiary/aromatic N) is 1. The Labute approximate surface area is 161 Å². The van der Waals surface area contributed by atoms with Gasteiger partial charge in [0.2, 0.25) is 5.75 Å². The smallest absolute Gasteiger partial charge is 0.203 e. The van der Waals surface area contributed by atoms with Gasteiger partial charge in [0.25, 0.3) is 0 Å². The third-order valence-electron chi connectivity index (χ3n) is 5.09. The standard InChI is InChI=1S/C21H30N2O4/c1-24-19-12-16(13-20(25-2)21(19)26-3)14-22-15-17(18-8-7-11-27-18)23-9-5-4-6-10-23/h7-8,11-13,17,22H,4-6,9-10,14-15H2,1-3H3. The Kier molecular flexibility index (Phi) is 7.01. The minimum Gasteiger partial charge on any atom is -0.493 e. The Balaban J connectivity index is 1.68. The number of hydrogen-bond donors (Lipinski definition) is 1. The summed E-state index contributed by atoms with van der Waals surface area (Å²) in [6.07, 6.45) is 5.58. The molecule has 1 N–H and O–H groups in total. The molecule has 0 saturated carbocycles. The topological polar surface area (TPSA) is 56.1 Å².